The smallest absolute Gasteiger partial charge is 0.241 e. The summed E-state index contributed by atoms with van der Waals surface area (Å²) in [6.45, 7) is 1.88. The van der Waals surface area contributed by atoms with E-state index in [1.807, 2.05) is 11.8 Å². The molecule has 0 unspecified atom stereocenters. The monoisotopic (exact) mass is 282 g/mol. The number of thioether (sulfide) groups is 1. The van der Waals surface area contributed by atoms with Gasteiger partial charge in [0.25, 0.3) is 0 Å². The average Bonchev–Trinajstić information content (AvgIpc) is 2.93. The van der Waals surface area contributed by atoms with Gasteiger partial charge in [-0.05, 0) is 11.6 Å². The molecular weight excluding hydrogens is 272 g/mol. The zero-order valence-corrected chi connectivity index (χ0v) is 11.1. The minimum Gasteiger partial charge on any atom is -0.339 e. The molecule has 0 atom stereocenters. The van der Waals surface area contributed by atoms with Crippen LogP contribution < -0.4 is 4.90 Å². The van der Waals surface area contributed by atoms with Gasteiger partial charge in [0, 0.05) is 37.0 Å². The van der Waals surface area contributed by atoms with Crippen LogP contribution in [-0.2, 0) is 0 Å². The van der Waals surface area contributed by atoms with E-state index < -0.39 is 0 Å². The molecule has 0 radical (unpaired) electrons. The van der Waals surface area contributed by atoms with Crippen molar-refractivity contribution in [1.29, 1.82) is 0 Å². The fourth-order valence-electron chi connectivity index (χ4n) is 1.73. The molecule has 0 aliphatic carbocycles. The predicted molar refractivity (Wildman–Crippen MR) is 71.5 cm³/mol. The van der Waals surface area contributed by atoms with E-state index >= 15 is 0 Å². The van der Waals surface area contributed by atoms with Crippen LogP contribution in [-0.4, -0.2) is 49.1 Å². The van der Waals surface area contributed by atoms with Gasteiger partial charge < -0.3 is 4.90 Å². The van der Waals surface area contributed by atoms with Gasteiger partial charge in [-0.25, -0.2) is 4.98 Å². The zero-order valence-electron chi connectivity index (χ0n) is 9.53. The third kappa shape index (κ3) is 2.41. The highest BCUT2D eigenvalue weighted by Crippen LogP contribution is 2.17. The quantitative estimate of drug-likeness (QED) is 0.827. The molecule has 1 fully saturated rings. The largest absolute Gasteiger partial charge is 0.339 e. The fraction of sp³-hybridized carbons (Fsp3) is 0.400. The maximum absolute atomic E-state index is 5.96. The molecule has 1 saturated heterocycles. The molecule has 0 N–H and O–H groups in total. The van der Waals surface area contributed by atoms with Crippen molar-refractivity contribution in [2.24, 2.45) is 0 Å². The van der Waals surface area contributed by atoms with Crippen molar-refractivity contribution in [2.75, 3.05) is 29.5 Å². The van der Waals surface area contributed by atoms with E-state index in [-0.39, 0.29) is 5.28 Å². The second kappa shape index (κ2) is 5.11. The Hall–Kier alpha value is -1.34. The first-order valence-electron chi connectivity index (χ1n) is 5.55. The Balaban J connectivity index is 1.95. The van der Waals surface area contributed by atoms with E-state index in [9.17, 15) is 0 Å². The molecule has 2 aromatic heterocycles. The van der Waals surface area contributed by atoms with Crippen LogP contribution in [0.1, 0.15) is 0 Å². The Morgan fingerprint density at radius 3 is 2.61 bits per heavy atom. The van der Waals surface area contributed by atoms with E-state index in [2.05, 4.69) is 24.8 Å². The standard InChI is InChI=1S/C10H11ClN6S/c11-8-13-9(16-3-5-18-6-4-16)15-10(14-8)17-2-1-12-7-17/h1-2,7H,3-6H2. The molecule has 0 bridgehead atoms. The van der Waals surface area contributed by atoms with Gasteiger partial charge >= 0.3 is 0 Å². The topological polar surface area (TPSA) is 59.7 Å². The molecule has 3 heterocycles. The van der Waals surface area contributed by atoms with E-state index in [0.717, 1.165) is 24.6 Å². The van der Waals surface area contributed by atoms with Gasteiger partial charge in [-0.1, -0.05) is 0 Å². The highest BCUT2D eigenvalue weighted by atomic mass is 35.5. The molecule has 8 heteroatoms. The number of nitrogens with zero attached hydrogens (tertiary/aromatic N) is 6. The summed E-state index contributed by atoms with van der Waals surface area (Å²) in [5.41, 5.74) is 0. The minimum absolute atomic E-state index is 0.210. The minimum atomic E-state index is 0.210. The van der Waals surface area contributed by atoms with E-state index in [4.69, 9.17) is 11.6 Å². The number of hydrogen-bond donors (Lipinski definition) is 0. The Labute approximate surface area is 113 Å². The van der Waals surface area contributed by atoms with Crippen LogP contribution in [0, 0.1) is 0 Å². The Bertz CT molecular complexity index is 525. The maximum Gasteiger partial charge on any atom is 0.241 e. The lowest BCUT2D eigenvalue weighted by molar-refractivity contribution is 0.789. The molecule has 0 aromatic carbocycles. The highest BCUT2D eigenvalue weighted by molar-refractivity contribution is 7.99. The van der Waals surface area contributed by atoms with Crippen LogP contribution in [0.5, 0.6) is 0 Å². The Morgan fingerprint density at radius 2 is 1.89 bits per heavy atom. The Morgan fingerprint density at radius 1 is 1.11 bits per heavy atom. The number of halogens is 1. The third-order valence-electron chi connectivity index (χ3n) is 2.61. The lowest BCUT2D eigenvalue weighted by Crippen LogP contribution is -2.34. The maximum atomic E-state index is 5.96. The molecule has 18 heavy (non-hydrogen) atoms. The van der Waals surface area contributed by atoms with Crippen LogP contribution in [0.2, 0.25) is 5.28 Å². The summed E-state index contributed by atoms with van der Waals surface area (Å²) in [4.78, 5) is 18.8. The normalized spacial score (nSPS) is 15.9. The van der Waals surface area contributed by atoms with Crippen LogP contribution >= 0.6 is 23.4 Å². The summed E-state index contributed by atoms with van der Waals surface area (Å²) in [7, 11) is 0. The van der Waals surface area contributed by atoms with Gasteiger partial charge in [0.15, 0.2) is 0 Å². The Kier molecular flexibility index (Phi) is 3.33. The van der Waals surface area contributed by atoms with Crippen molar-refractivity contribution in [2.45, 2.75) is 0 Å². The second-order valence-electron chi connectivity index (χ2n) is 3.77. The summed E-state index contributed by atoms with van der Waals surface area (Å²) >= 11 is 7.90. The van der Waals surface area contributed by atoms with E-state index in [1.54, 1.807) is 23.3 Å². The van der Waals surface area contributed by atoms with E-state index in [0.29, 0.717) is 11.9 Å². The molecular formula is C10H11ClN6S. The first-order chi connectivity index (χ1) is 8.83. The van der Waals surface area contributed by atoms with Crippen LogP contribution in [0.15, 0.2) is 18.7 Å². The molecule has 1 aliphatic rings. The van der Waals surface area contributed by atoms with Crippen molar-refractivity contribution in [1.82, 2.24) is 24.5 Å². The second-order valence-corrected chi connectivity index (χ2v) is 5.34. The number of aromatic nitrogens is 5. The van der Waals surface area contributed by atoms with Gasteiger partial charge in [-0.3, -0.25) is 4.57 Å². The number of imidazole rings is 1. The fourth-order valence-corrected chi connectivity index (χ4v) is 2.78. The number of rotatable bonds is 2. The number of hydrogen-bond acceptors (Lipinski definition) is 6. The molecule has 94 valence electrons. The molecule has 1 aliphatic heterocycles. The van der Waals surface area contributed by atoms with Gasteiger partial charge in [-0.2, -0.15) is 26.7 Å². The summed E-state index contributed by atoms with van der Waals surface area (Å²) in [5.74, 6) is 3.31. The SMILES string of the molecule is Clc1nc(N2CCSCC2)nc(-n2ccnc2)n1. The van der Waals surface area contributed by atoms with Crippen molar-refractivity contribution in [3.05, 3.63) is 24.0 Å². The highest BCUT2D eigenvalue weighted by Gasteiger charge is 2.16. The zero-order chi connectivity index (χ0) is 12.4. The van der Waals surface area contributed by atoms with Crippen molar-refractivity contribution in [3.8, 4) is 5.95 Å². The lowest BCUT2D eigenvalue weighted by atomic mass is 10.5. The predicted octanol–water partition coefficient (Wildman–Crippen LogP) is 1.26. The molecule has 2 aromatic rings. The summed E-state index contributed by atoms with van der Waals surface area (Å²) in [5, 5.41) is 0.210. The number of anilines is 1. The average molecular weight is 283 g/mol. The third-order valence-corrected chi connectivity index (χ3v) is 3.73. The molecule has 6 nitrogen and oxygen atoms in total. The molecule has 3 rings (SSSR count). The van der Waals surface area contributed by atoms with Gasteiger partial charge in [0.05, 0.1) is 0 Å². The van der Waals surface area contributed by atoms with Crippen LogP contribution in [0.4, 0.5) is 5.95 Å². The summed E-state index contributed by atoms with van der Waals surface area (Å²) in [6, 6.07) is 0. The molecule has 0 amide bonds. The molecule has 0 saturated carbocycles. The van der Waals surface area contributed by atoms with Gasteiger partial charge in [-0.15, -0.1) is 0 Å². The van der Waals surface area contributed by atoms with Crippen LogP contribution in [0.3, 0.4) is 0 Å². The van der Waals surface area contributed by atoms with E-state index in [1.165, 1.54) is 0 Å². The summed E-state index contributed by atoms with van der Waals surface area (Å²) < 4.78 is 1.72. The first-order valence-corrected chi connectivity index (χ1v) is 7.09. The van der Waals surface area contributed by atoms with Gasteiger partial charge in [0.2, 0.25) is 17.2 Å². The van der Waals surface area contributed by atoms with Crippen molar-refractivity contribution >= 4 is 29.3 Å². The first kappa shape index (κ1) is 11.7. The lowest BCUT2D eigenvalue weighted by Gasteiger charge is -2.26. The van der Waals surface area contributed by atoms with Gasteiger partial charge in [0.1, 0.15) is 6.33 Å². The summed E-state index contributed by atoms with van der Waals surface area (Å²) in [6.07, 6.45) is 5.10. The molecule has 0 spiro atoms. The van der Waals surface area contributed by atoms with Crippen molar-refractivity contribution < 1.29 is 0 Å². The van der Waals surface area contributed by atoms with Crippen LogP contribution in [0.25, 0.3) is 5.95 Å². The van der Waals surface area contributed by atoms with Crippen molar-refractivity contribution in [3.63, 3.8) is 0 Å².